The van der Waals surface area contributed by atoms with Gasteiger partial charge in [0, 0.05) is 37.9 Å². The molecule has 3 aromatic rings. The van der Waals surface area contributed by atoms with Gasteiger partial charge in [-0.25, -0.2) is 9.97 Å². The van der Waals surface area contributed by atoms with Crippen LogP contribution in [0, 0.1) is 12.8 Å². The van der Waals surface area contributed by atoms with Crippen molar-refractivity contribution >= 4 is 29.4 Å². The summed E-state index contributed by atoms with van der Waals surface area (Å²) < 4.78 is 5.64. The molecule has 1 N–H and O–H groups in total. The molecule has 1 aromatic heterocycles. The van der Waals surface area contributed by atoms with Crippen molar-refractivity contribution in [3.63, 3.8) is 0 Å². The second-order valence-electron chi connectivity index (χ2n) is 10.5. The molecule has 0 unspecified atom stereocenters. The second-order valence-corrected chi connectivity index (χ2v) is 10.9. The van der Waals surface area contributed by atoms with Gasteiger partial charge in [-0.05, 0) is 61.4 Å². The third kappa shape index (κ3) is 6.29. The van der Waals surface area contributed by atoms with Gasteiger partial charge in [0.25, 0.3) is 5.91 Å². The van der Waals surface area contributed by atoms with Crippen molar-refractivity contribution in [3.05, 3.63) is 87.7 Å². The number of hydrogen-bond donors (Lipinski definition) is 1. The SMILES string of the molecule is CNC(=O)[C@H]1COCCN(C(=O)c2cnc(N3CCC[C@H]3c3ccc(Cl)cc3)nc2CCc2ccccc2C)C1. The van der Waals surface area contributed by atoms with Gasteiger partial charge in [0.1, 0.15) is 0 Å². The first-order valence-electron chi connectivity index (χ1n) is 14.0. The summed E-state index contributed by atoms with van der Waals surface area (Å²) >= 11 is 6.14. The number of anilines is 1. The number of carbonyl (C=O) groups is 2. The highest BCUT2D eigenvalue weighted by atomic mass is 35.5. The van der Waals surface area contributed by atoms with Gasteiger partial charge in [0.2, 0.25) is 11.9 Å². The first-order valence-corrected chi connectivity index (χ1v) is 14.3. The fourth-order valence-corrected chi connectivity index (χ4v) is 5.75. The van der Waals surface area contributed by atoms with Crippen molar-refractivity contribution in [2.75, 3.05) is 44.8 Å². The van der Waals surface area contributed by atoms with Crippen LogP contribution >= 0.6 is 11.6 Å². The Morgan fingerprint density at radius 2 is 1.90 bits per heavy atom. The van der Waals surface area contributed by atoms with Crippen molar-refractivity contribution in [2.24, 2.45) is 5.92 Å². The molecule has 2 aliphatic rings. The zero-order chi connectivity index (χ0) is 28.1. The average Bonchev–Trinajstić information content (AvgIpc) is 3.33. The summed E-state index contributed by atoms with van der Waals surface area (Å²) in [6, 6.07) is 16.4. The van der Waals surface area contributed by atoms with Gasteiger partial charge in [-0.15, -0.1) is 0 Å². The van der Waals surface area contributed by atoms with Crippen LogP contribution < -0.4 is 10.2 Å². The van der Waals surface area contributed by atoms with Crippen LogP contribution in [0.4, 0.5) is 5.95 Å². The molecule has 0 spiro atoms. The number of aromatic nitrogens is 2. The topological polar surface area (TPSA) is 87.7 Å². The van der Waals surface area contributed by atoms with E-state index in [1.54, 1.807) is 18.1 Å². The lowest BCUT2D eigenvalue weighted by Gasteiger charge is -2.27. The van der Waals surface area contributed by atoms with E-state index in [1.165, 1.54) is 16.7 Å². The number of carbonyl (C=O) groups excluding carboxylic acids is 2. The highest BCUT2D eigenvalue weighted by Crippen LogP contribution is 2.35. The van der Waals surface area contributed by atoms with Crippen LogP contribution in [0.25, 0.3) is 0 Å². The van der Waals surface area contributed by atoms with Gasteiger partial charge < -0.3 is 19.9 Å². The van der Waals surface area contributed by atoms with Gasteiger partial charge in [-0.1, -0.05) is 48.0 Å². The van der Waals surface area contributed by atoms with Crippen molar-refractivity contribution in [2.45, 2.75) is 38.6 Å². The van der Waals surface area contributed by atoms with E-state index >= 15 is 0 Å². The number of nitrogens with one attached hydrogen (secondary N) is 1. The summed E-state index contributed by atoms with van der Waals surface area (Å²) in [6.07, 6.45) is 5.07. The highest BCUT2D eigenvalue weighted by molar-refractivity contribution is 6.30. The Hall–Kier alpha value is -3.49. The molecular formula is C31H36ClN5O3. The van der Waals surface area contributed by atoms with Crippen LogP contribution in [0.5, 0.6) is 0 Å². The van der Waals surface area contributed by atoms with Gasteiger partial charge in [0.05, 0.1) is 36.4 Å². The smallest absolute Gasteiger partial charge is 0.257 e. The largest absolute Gasteiger partial charge is 0.379 e. The quantitative estimate of drug-likeness (QED) is 0.460. The van der Waals surface area contributed by atoms with Crippen molar-refractivity contribution in [1.29, 1.82) is 0 Å². The molecule has 40 heavy (non-hydrogen) atoms. The fourth-order valence-electron chi connectivity index (χ4n) is 5.62. The fraction of sp³-hybridized carbons (Fsp3) is 0.419. The minimum absolute atomic E-state index is 0.131. The molecule has 2 aliphatic heterocycles. The molecule has 0 radical (unpaired) electrons. The van der Waals surface area contributed by atoms with E-state index < -0.39 is 5.92 Å². The van der Waals surface area contributed by atoms with Crippen LogP contribution in [-0.2, 0) is 22.4 Å². The minimum atomic E-state index is -0.420. The Labute approximate surface area is 240 Å². The zero-order valence-corrected chi connectivity index (χ0v) is 23.9. The molecule has 210 valence electrons. The van der Waals surface area contributed by atoms with E-state index in [9.17, 15) is 9.59 Å². The Morgan fingerprint density at radius 1 is 1.10 bits per heavy atom. The number of hydrogen-bond acceptors (Lipinski definition) is 6. The molecule has 0 saturated carbocycles. The van der Waals surface area contributed by atoms with Crippen LogP contribution in [0.2, 0.25) is 5.02 Å². The third-order valence-electron chi connectivity index (χ3n) is 7.91. The predicted octanol–water partition coefficient (Wildman–Crippen LogP) is 4.40. The maximum absolute atomic E-state index is 13.9. The molecule has 3 heterocycles. The Bertz CT molecular complexity index is 1350. The van der Waals surface area contributed by atoms with Crippen molar-refractivity contribution in [3.8, 4) is 0 Å². The zero-order valence-electron chi connectivity index (χ0n) is 23.1. The molecule has 9 heteroatoms. The lowest BCUT2D eigenvalue weighted by Crippen LogP contribution is -2.41. The molecule has 2 fully saturated rings. The summed E-state index contributed by atoms with van der Waals surface area (Å²) in [5.41, 5.74) is 4.82. The van der Waals surface area contributed by atoms with Gasteiger partial charge in [-0.3, -0.25) is 9.59 Å². The Balaban J connectivity index is 1.46. The van der Waals surface area contributed by atoms with E-state index in [0.29, 0.717) is 49.3 Å². The maximum atomic E-state index is 13.9. The molecule has 2 atom stereocenters. The Kier molecular flexibility index (Phi) is 8.97. The summed E-state index contributed by atoms with van der Waals surface area (Å²) in [7, 11) is 1.60. The molecule has 2 saturated heterocycles. The van der Waals surface area contributed by atoms with Crippen LogP contribution in [-0.4, -0.2) is 66.6 Å². The summed E-state index contributed by atoms with van der Waals surface area (Å²) in [4.78, 5) is 40.0. The summed E-state index contributed by atoms with van der Waals surface area (Å²) in [6.45, 7) is 4.32. The second kappa shape index (κ2) is 12.8. The van der Waals surface area contributed by atoms with Gasteiger partial charge >= 0.3 is 0 Å². The Morgan fingerprint density at radius 3 is 2.67 bits per heavy atom. The lowest BCUT2D eigenvalue weighted by molar-refractivity contribution is -0.126. The molecule has 2 amide bonds. The monoisotopic (exact) mass is 561 g/mol. The average molecular weight is 562 g/mol. The van der Waals surface area contributed by atoms with Gasteiger partial charge in [-0.2, -0.15) is 0 Å². The number of nitrogens with zero attached hydrogens (tertiary/aromatic N) is 4. The predicted molar refractivity (Wildman–Crippen MR) is 156 cm³/mol. The third-order valence-corrected chi connectivity index (χ3v) is 8.16. The number of rotatable bonds is 7. The van der Waals surface area contributed by atoms with Gasteiger partial charge in [0.15, 0.2) is 0 Å². The van der Waals surface area contributed by atoms with E-state index in [-0.39, 0.29) is 17.9 Å². The number of halogens is 1. The molecule has 0 aliphatic carbocycles. The van der Waals surface area contributed by atoms with Crippen molar-refractivity contribution in [1.82, 2.24) is 20.2 Å². The summed E-state index contributed by atoms with van der Waals surface area (Å²) in [5.74, 6) is -0.0808. The van der Waals surface area contributed by atoms with E-state index in [2.05, 4.69) is 41.4 Å². The number of ether oxygens (including phenoxy) is 1. The number of benzene rings is 2. The lowest BCUT2D eigenvalue weighted by atomic mass is 10.0. The molecule has 5 rings (SSSR count). The normalized spacial score (nSPS) is 19.4. The number of amides is 2. The highest BCUT2D eigenvalue weighted by Gasteiger charge is 2.31. The van der Waals surface area contributed by atoms with Crippen LogP contribution in [0.1, 0.15) is 51.6 Å². The van der Waals surface area contributed by atoms with E-state index in [4.69, 9.17) is 26.3 Å². The van der Waals surface area contributed by atoms with E-state index in [1.807, 2.05) is 24.3 Å². The van der Waals surface area contributed by atoms with Crippen LogP contribution in [0.3, 0.4) is 0 Å². The first-order chi connectivity index (χ1) is 19.4. The number of aryl methyl sites for hydroxylation is 3. The molecule has 0 bridgehead atoms. The molecule has 2 aromatic carbocycles. The van der Waals surface area contributed by atoms with E-state index in [0.717, 1.165) is 31.5 Å². The summed E-state index contributed by atoms with van der Waals surface area (Å²) in [5, 5.41) is 3.39. The van der Waals surface area contributed by atoms with Crippen molar-refractivity contribution < 1.29 is 14.3 Å². The first kappa shape index (κ1) is 28.1. The van der Waals surface area contributed by atoms with Crippen LogP contribution in [0.15, 0.2) is 54.7 Å². The standard InChI is InChI=1S/C31H36ClN5O3/c1-21-6-3-4-7-22(21)11-14-27-26(30(39)36-16-17-40-20-24(19-36)29(38)33-2)18-34-31(35-27)37-15-5-8-28(37)23-9-12-25(32)13-10-23/h3-4,6-7,9-10,12-13,18,24,28H,5,8,11,14-17,19-20H2,1-2H3,(H,33,38)/t24-,28+/m1/s1. The molecule has 8 nitrogen and oxygen atoms in total. The minimum Gasteiger partial charge on any atom is -0.379 e. The molecular weight excluding hydrogens is 526 g/mol. The maximum Gasteiger partial charge on any atom is 0.257 e.